The van der Waals surface area contributed by atoms with Gasteiger partial charge in [-0.05, 0) is 30.7 Å². The summed E-state index contributed by atoms with van der Waals surface area (Å²) in [6, 6.07) is 9.95. The predicted octanol–water partition coefficient (Wildman–Crippen LogP) is 2.96. The third-order valence-corrected chi connectivity index (χ3v) is 3.23. The van der Waals surface area contributed by atoms with Gasteiger partial charge in [-0.15, -0.1) is 6.58 Å². The predicted molar refractivity (Wildman–Crippen MR) is 85.0 cm³/mol. The quantitative estimate of drug-likeness (QED) is 0.722. The Morgan fingerprint density at radius 1 is 1.38 bits per heavy atom. The van der Waals surface area contributed by atoms with Crippen molar-refractivity contribution < 1.29 is 0 Å². The Morgan fingerprint density at radius 2 is 2.24 bits per heavy atom. The van der Waals surface area contributed by atoms with E-state index in [4.69, 9.17) is 0 Å². The van der Waals surface area contributed by atoms with Crippen molar-refractivity contribution in [3.63, 3.8) is 0 Å². The summed E-state index contributed by atoms with van der Waals surface area (Å²) < 4.78 is 1.55. The highest BCUT2D eigenvalue weighted by molar-refractivity contribution is 5.76. The van der Waals surface area contributed by atoms with Crippen LogP contribution in [-0.4, -0.2) is 14.5 Å². The molecule has 0 spiro atoms. The van der Waals surface area contributed by atoms with Gasteiger partial charge < -0.3 is 10.3 Å². The number of aromatic amines is 1. The van der Waals surface area contributed by atoms with E-state index in [2.05, 4.69) is 27.9 Å². The Labute approximate surface area is 122 Å². The number of benzene rings is 1. The minimum atomic E-state index is -0.176. The molecule has 0 atom stereocenters. The van der Waals surface area contributed by atoms with Crippen molar-refractivity contribution in [2.24, 2.45) is 0 Å². The van der Waals surface area contributed by atoms with Crippen LogP contribution in [0.4, 0.5) is 11.4 Å². The lowest BCUT2D eigenvalue weighted by Gasteiger charge is -2.07. The summed E-state index contributed by atoms with van der Waals surface area (Å²) >= 11 is 0. The van der Waals surface area contributed by atoms with Crippen LogP contribution in [0.3, 0.4) is 0 Å². The molecule has 0 saturated carbocycles. The fourth-order valence-corrected chi connectivity index (χ4v) is 2.30. The van der Waals surface area contributed by atoms with Crippen molar-refractivity contribution in [2.45, 2.75) is 13.5 Å². The van der Waals surface area contributed by atoms with E-state index in [1.807, 2.05) is 31.2 Å². The van der Waals surface area contributed by atoms with E-state index in [0.717, 1.165) is 11.4 Å². The zero-order chi connectivity index (χ0) is 14.8. The summed E-state index contributed by atoms with van der Waals surface area (Å²) in [7, 11) is 0. The van der Waals surface area contributed by atoms with Gasteiger partial charge in [0.15, 0.2) is 5.65 Å². The van der Waals surface area contributed by atoms with Gasteiger partial charge in [-0.3, -0.25) is 4.57 Å². The van der Waals surface area contributed by atoms with Crippen LogP contribution in [-0.2, 0) is 6.54 Å². The highest BCUT2D eigenvalue weighted by Crippen LogP contribution is 2.19. The molecule has 0 aliphatic carbocycles. The molecule has 2 N–H and O–H groups in total. The molecule has 0 fully saturated rings. The molecule has 2 heterocycles. The second-order valence-corrected chi connectivity index (χ2v) is 4.92. The van der Waals surface area contributed by atoms with Gasteiger partial charge in [-0.25, -0.2) is 9.78 Å². The van der Waals surface area contributed by atoms with Crippen molar-refractivity contribution in [1.82, 2.24) is 14.5 Å². The molecule has 0 aliphatic heterocycles. The summed E-state index contributed by atoms with van der Waals surface area (Å²) in [6.07, 6.45) is 3.40. The second-order valence-electron chi connectivity index (χ2n) is 4.92. The molecular weight excluding hydrogens is 264 g/mol. The molecule has 21 heavy (non-hydrogen) atoms. The molecular formula is C16H16N4O. The fraction of sp³-hybridized carbons (Fsp3) is 0.125. The van der Waals surface area contributed by atoms with Gasteiger partial charge in [0.05, 0.1) is 17.4 Å². The van der Waals surface area contributed by atoms with Crippen LogP contribution in [0.2, 0.25) is 0 Å². The molecule has 0 saturated heterocycles. The summed E-state index contributed by atoms with van der Waals surface area (Å²) in [5, 5.41) is 3.28. The molecule has 5 nitrogen and oxygen atoms in total. The highest BCUT2D eigenvalue weighted by Gasteiger charge is 2.07. The van der Waals surface area contributed by atoms with Gasteiger partial charge in [0.25, 0.3) is 0 Å². The molecule has 1 aromatic carbocycles. The van der Waals surface area contributed by atoms with Crippen molar-refractivity contribution >= 4 is 22.5 Å². The summed E-state index contributed by atoms with van der Waals surface area (Å²) in [5.41, 5.74) is 4.17. The van der Waals surface area contributed by atoms with Crippen LogP contribution in [0.15, 0.2) is 54.0 Å². The summed E-state index contributed by atoms with van der Waals surface area (Å²) in [6.45, 7) is 6.13. The second kappa shape index (κ2) is 5.28. The van der Waals surface area contributed by atoms with Crippen molar-refractivity contribution in [3.05, 3.63) is 65.2 Å². The largest absolute Gasteiger partial charge is 0.354 e. The number of imidazole rings is 1. The van der Waals surface area contributed by atoms with Gasteiger partial charge in [0.2, 0.25) is 0 Å². The lowest BCUT2D eigenvalue weighted by Crippen LogP contribution is -2.15. The average Bonchev–Trinajstić information content (AvgIpc) is 2.75. The number of allylic oxidation sites excluding steroid dienone is 1. The van der Waals surface area contributed by atoms with E-state index in [1.54, 1.807) is 16.8 Å². The van der Waals surface area contributed by atoms with Crippen molar-refractivity contribution in [1.29, 1.82) is 0 Å². The number of fused-ring (bicyclic) bond motifs is 1. The molecule has 0 unspecified atom stereocenters. The number of aromatic nitrogens is 3. The molecule has 5 heteroatoms. The molecule has 0 aliphatic rings. The minimum absolute atomic E-state index is 0.176. The third-order valence-electron chi connectivity index (χ3n) is 3.23. The van der Waals surface area contributed by atoms with Crippen LogP contribution in [0, 0.1) is 6.92 Å². The van der Waals surface area contributed by atoms with Crippen LogP contribution in [0.25, 0.3) is 11.2 Å². The average molecular weight is 280 g/mol. The Kier molecular flexibility index (Phi) is 3.31. The Bertz CT molecular complexity index is 860. The maximum atomic E-state index is 11.8. The van der Waals surface area contributed by atoms with Gasteiger partial charge in [-0.2, -0.15) is 0 Å². The number of aryl methyl sites for hydroxylation is 1. The molecule has 3 rings (SSSR count). The normalized spacial score (nSPS) is 10.7. The van der Waals surface area contributed by atoms with E-state index >= 15 is 0 Å². The number of H-pyrrole nitrogens is 1. The molecule has 0 bridgehead atoms. The number of rotatable bonds is 4. The van der Waals surface area contributed by atoms with Crippen LogP contribution in [0.5, 0.6) is 0 Å². The van der Waals surface area contributed by atoms with Crippen LogP contribution < -0.4 is 11.0 Å². The molecule has 0 amide bonds. The molecule has 106 valence electrons. The maximum Gasteiger partial charge on any atom is 0.327 e. The van der Waals surface area contributed by atoms with Gasteiger partial charge >= 0.3 is 5.69 Å². The zero-order valence-electron chi connectivity index (χ0n) is 11.8. The highest BCUT2D eigenvalue weighted by atomic mass is 16.1. The Balaban J connectivity index is 1.98. The lowest BCUT2D eigenvalue weighted by atomic mass is 10.2. The van der Waals surface area contributed by atoms with E-state index in [1.165, 1.54) is 5.56 Å². The maximum absolute atomic E-state index is 11.8. The van der Waals surface area contributed by atoms with Crippen molar-refractivity contribution in [3.8, 4) is 0 Å². The first kappa shape index (κ1) is 13.2. The Morgan fingerprint density at radius 3 is 3.00 bits per heavy atom. The van der Waals surface area contributed by atoms with Crippen LogP contribution >= 0.6 is 0 Å². The fourth-order valence-electron chi connectivity index (χ4n) is 2.30. The van der Waals surface area contributed by atoms with E-state index in [-0.39, 0.29) is 5.69 Å². The van der Waals surface area contributed by atoms with Gasteiger partial charge in [0.1, 0.15) is 0 Å². The number of nitrogens with zero attached hydrogens (tertiary/aromatic N) is 2. The number of pyridine rings is 1. The molecule has 0 radical (unpaired) electrons. The lowest BCUT2D eigenvalue weighted by molar-refractivity contribution is 0.799. The zero-order valence-corrected chi connectivity index (χ0v) is 11.8. The smallest absolute Gasteiger partial charge is 0.327 e. The summed E-state index contributed by atoms with van der Waals surface area (Å²) in [5.74, 6) is 0. The molecule has 2 aromatic heterocycles. The van der Waals surface area contributed by atoms with E-state index < -0.39 is 0 Å². The Hall–Kier alpha value is -2.82. The minimum Gasteiger partial charge on any atom is -0.354 e. The van der Waals surface area contributed by atoms with E-state index in [0.29, 0.717) is 17.7 Å². The standard InChI is InChI=1S/C16H16N4O/c1-3-7-20-15-14(19-16(20)21)9-13(10-17-15)18-12-6-4-5-11(2)8-12/h3-6,8-10,18H,1,7H2,2H3,(H,19,21). The van der Waals surface area contributed by atoms with Crippen LogP contribution in [0.1, 0.15) is 5.56 Å². The number of anilines is 2. The first-order valence-electron chi connectivity index (χ1n) is 6.70. The van der Waals surface area contributed by atoms with Gasteiger partial charge in [-0.1, -0.05) is 18.2 Å². The monoisotopic (exact) mass is 280 g/mol. The number of hydrogen-bond donors (Lipinski definition) is 2. The first-order valence-corrected chi connectivity index (χ1v) is 6.70. The third kappa shape index (κ3) is 2.58. The molecule has 3 aromatic rings. The van der Waals surface area contributed by atoms with Gasteiger partial charge in [0, 0.05) is 12.2 Å². The SMILES string of the molecule is C=CCn1c(=O)[nH]c2cc(Nc3cccc(C)c3)cnc21. The first-order chi connectivity index (χ1) is 10.2. The van der Waals surface area contributed by atoms with E-state index in [9.17, 15) is 4.79 Å². The topological polar surface area (TPSA) is 62.7 Å². The van der Waals surface area contributed by atoms with Crippen molar-refractivity contribution in [2.75, 3.05) is 5.32 Å². The number of hydrogen-bond acceptors (Lipinski definition) is 3. The number of nitrogens with one attached hydrogen (secondary N) is 2. The summed E-state index contributed by atoms with van der Waals surface area (Å²) in [4.78, 5) is 19.0.